The highest BCUT2D eigenvalue weighted by Crippen LogP contribution is 2.08. The van der Waals surface area contributed by atoms with Gasteiger partial charge in [-0.25, -0.2) is 0 Å². The Hall–Kier alpha value is -1.64. The second-order valence-electron chi connectivity index (χ2n) is 2.66. The lowest BCUT2D eigenvalue weighted by molar-refractivity contribution is -0.141. The van der Waals surface area contributed by atoms with Gasteiger partial charge >= 0.3 is 5.97 Å². The number of aliphatic imine (C=N–C) groups is 1. The van der Waals surface area contributed by atoms with Gasteiger partial charge in [0.15, 0.2) is 0 Å². The highest BCUT2D eigenvalue weighted by Gasteiger charge is 1.96. The maximum absolute atomic E-state index is 10.9. The molecule has 1 rings (SSSR count). The van der Waals surface area contributed by atoms with Crippen LogP contribution in [0.5, 0.6) is 0 Å². The topological polar surface area (TPSA) is 38.7 Å². The largest absolute Gasteiger partial charge is 0.466 e. The van der Waals surface area contributed by atoms with Gasteiger partial charge in [0.25, 0.3) is 0 Å². The molecule has 0 aliphatic rings. The third-order valence-electron chi connectivity index (χ3n) is 1.56. The monoisotopic (exact) mass is 191 g/mol. The van der Waals surface area contributed by atoms with E-state index in [1.165, 1.54) is 0 Å². The van der Waals surface area contributed by atoms with Crippen molar-refractivity contribution < 1.29 is 9.53 Å². The summed E-state index contributed by atoms with van der Waals surface area (Å²) in [7, 11) is 0. The van der Waals surface area contributed by atoms with Crippen molar-refractivity contribution >= 4 is 17.9 Å². The van der Waals surface area contributed by atoms with Crippen LogP contribution in [0.2, 0.25) is 0 Å². The molecule has 0 saturated heterocycles. The first-order valence-corrected chi connectivity index (χ1v) is 4.56. The summed E-state index contributed by atoms with van der Waals surface area (Å²) in [6.45, 7) is 2.20. The van der Waals surface area contributed by atoms with Crippen LogP contribution in [-0.4, -0.2) is 18.8 Å². The van der Waals surface area contributed by atoms with Gasteiger partial charge in [0.2, 0.25) is 0 Å². The van der Waals surface area contributed by atoms with Crippen LogP contribution in [0, 0.1) is 0 Å². The molecule has 0 spiro atoms. The van der Waals surface area contributed by atoms with Crippen molar-refractivity contribution in [3.8, 4) is 0 Å². The maximum Gasteiger partial charge on any atom is 0.311 e. The van der Waals surface area contributed by atoms with Crippen LogP contribution in [0.3, 0.4) is 0 Å². The molecule has 0 aliphatic heterocycles. The number of ether oxygens (including phenoxy) is 1. The Balaban J connectivity index is 2.38. The molecule has 0 aromatic heterocycles. The second-order valence-corrected chi connectivity index (χ2v) is 2.66. The molecule has 1 aromatic rings. The highest BCUT2D eigenvalue weighted by atomic mass is 16.5. The van der Waals surface area contributed by atoms with E-state index in [0.717, 1.165) is 5.69 Å². The Morgan fingerprint density at radius 3 is 2.79 bits per heavy atom. The van der Waals surface area contributed by atoms with Crippen molar-refractivity contribution in [2.24, 2.45) is 4.99 Å². The van der Waals surface area contributed by atoms with Crippen molar-refractivity contribution in [2.75, 3.05) is 6.61 Å². The summed E-state index contributed by atoms with van der Waals surface area (Å²) in [5, 5.41) is 0. The molecule has 14 heavy (non-hydrogen) atoms. The zero-order valence-electron chi connectivity index (χ0n) is 8.14. The molecule has 0 saturated carbocycles. The number of carbonyl (C=O) groups is 1. The van der Waals surface area contributed by atoms with Gasteiger partial charge in [0, 0.05) is 6.21 Å². The molecule has 0 amide bonds. The number of esters is 1. The fourth-order valence-corrected chi connectivity index (χ4v) is 0.960. The summed E-state index contributed by atoms with van der Waals surface area (Å²) in [6.07, 6.45) is 1.79. The van der Waals surface area contributed by atoms with Crippen LogP contribution in [-0.2, 0) is 9.53 Å². The average molecular weight is 191 g/mol. The van der Waals surface area contributed by atoms with E-state index in [-0.39, 0.29) is 12.4 Å². The molecular weight excluding hydrogens is 178 g/mol. The van der Waals surface area contributed by atoms with E-state index in [4.69, 9.17) is 4.74 Å². The summed E-state index contributed by atoms with van der Waals surface area (Å²) in [4.78, 5) is 15.0. The average Bonchev–Trinajstić information content (AvgIpc) is 2.20. The predicted molar refractivity (Wildman–Crippen MR) is 55.8 cm³/mol. The van der Waals surface area contributed by atoms with Gasteiger partial charge in [-0.1, -0.05) is 18.2 Å². The summed E-state index contributed by atoms with van der Waals surface area (Å²) >= 11 is 0. The minimum absolute atomic E-state index is 0.225. The van der Waals surface area contributed by atoms with Crippen LogP contribution in [0.1, 0.15) is 13.3 Å². The second kappa shape index (κ2) is 5.91. The van der Waals surface area contributed by atoms with Crippen LogP contribution in [0.4, 0.5) is 5.69 Å². The number of benzene rings is 1. The molecule has 0 radical (unpaired) electrons. The van der Waals surface area contributed by atoms with Gasteiger partial charge in [0.1, 0.15) is 0 Å². The smallest absolute Gasteiger partial charge is 0.311 e. The number of hydrogen-bond donors (Lipinski definition) is 0. The van der Waals surface area contributed by atoms with E-state index in [9.17, 15) is 4.79 Å². The van der Waals surface area contributed by atoms with Crippen LogP contribution in [0.15, 0.2) is 35.3 Å². The molecule has 0 atom stereocenters. The molecule has 0 aliphatic carbocycles. The molecular formula is C11H13NO2. The van der Waals surface area contributed by atoms with Gasteiger partial charge in [-0.15, -0.1) is 0 Å². The summed E-state index contributed by atoms with van der Waals surface area (Å²) in [5.74, 6) is -0.243. The van der Waals surface area contributed by atoms with Crippen molar-refractivity contribution in [1.82, 2.24) is 0 Å². The quantitative estimate of drug-likeness (QED) is 0.541. The summed E-state index contributed by atoms with van der Waals surface area (Å²) in [5.41, 5.74) is 0.844. The van der Waals surface area contributed by atoms with E-state index in [0.29, 0.717) is 6.61 Å². The molecule has 1 aromatic carbocycles. The molecule has 0 unspecified atom stereocenters. The first kappa shape index (κ1) is 10.4. The van der Waals surface area contributed by atoms with Crippen LogP contribution < -0.4 is 0 Å². The minimum Gasteiger partial charge on any atom is -0.466 e. The fraction of sp³-hybridized carbons (Fsp3) is 0.273. The zero-order valence-corrected chi connectivity index (χ0v) is 8.14. The van der Waals surface area contributed by atoms with Crippen molar-refractivity contribution in [3.63, 3.8) is 0 Å². The number of carbonyl (C=O) groups excluding carboxylic acids is 1. The van der Waals surface area contributed by atoms with E-state index >= 15 is 0 Å². The van der Waals surface area contributed by atoms with Crippen LogP contribution in [0.25, 0.3) is 0 Å². The predicted octanol–water partition coefficient (Wildman–Crippen LogP) is 2.34. The lowest BCUT2D eigenvalue weighted by Crippen LogP contribution is -2.03. The molecule has 3 nitrogen and oxygen atoms in total. The third kappa shape index (κ3) is 3.85. The minimum atomic E-state index is -0.243. The molecule has 74 valence electrons. The van der Waals surface area contributed by atoms with Crippen molar-refractivity contribution in [1.29, 1.82) is 0 Å². The molecule has 3 heteroatoms. The van der Waals surface area contributed by atoms with Gasteiger partial charge in [-0.2, -0.15) is 0 Å². The lowest BCUT2D eigenvalue weighted by Gasteiger charge is -1.96. The summed E-state index contributed by atoms with van der Waals surface area (Å²) in [6, 6.07) is 9.47. The van der Waals surface area contributed by atoms with Gasteiger partial charge in [-0.05, 0) is 19.1 Å². The van der Waals surface area contributed by atoms with E-state index in [2.05, 4.69) is 4.99 Å². The first-order chi connectivity index (χ1) is 6.83. The Bertz CT molecular complexity index is 306. The number of hydrogen-bond acceptors (Lipinski definition) is 3. The molecule has 0 fully saturated rings. The summed E-state index contributed by atoms with van der Waals surface area (Å²) < 4.78 is 4.75. The highest BCUT2D eigenvalue weighted by molar-refractivity contribution is 5.86. The third-order valence-corrected chi connectivity index (χ3v) is 1.56. The van der Waals surface area contributed by atoms with E-state index in [1.54, 1.807) is 13.1 Å². The van der Waals surface area contributed by atoms with E-state index < -0.39 is 0 Å². The van der Waals surface area contributed by atoms with Gasteiger partial charge < -0.3 is 4.74 Å². The Morgan fingerprint density at radius 2 is 2.14 bits per heavy atom. The van der Waals surface area contributed by atoms with Crippen LogP contribution >= 0.6 is 0 Å². The zero-order chi connectivity index (χ0) is 10.2. The van der Waals surface area contributed by atoms with Gasteiger partial charge in [0.05, 0.1) is 18.7 Å². The Kier molecular flexibility index (Phi) is 4.41. The normalized spacial score (nSPS) is 10.4. The first-order valence-electron chi connectivity index (χ1n) is 4.56. The Morgan fingerprint density at radius 1 is 1.43 bits per heavy atom. The Labute approximate surface area is 83.4 Å². The van der Waals surface area contributed by atoms with E-state index in [1.807, 2.05) is 30.3 Å². The fourth-order valence-electron chi connectivity index (χ4n) is 0.960. The van der Waals surface area contributed by atoms with Crippen molar-refractivity contribution in [2.45, 2.75) is 13.3 Å². The maximum atomic E-state index is 10.9. The molecule has 0 heterocycles. The SMILES string of the molecule is CCOC(=O)CC=Nc1ccccc1. The molecule has 0 N–H and O–H groups in total. The number of para-hydroxylation sites is 1. The molecule has 0 bridgehead atoms. The van der Waals surface area contributed by atoms with Crippen molar-refractivity contribution in [3.05, 3.63) is 30.3 Å². The number of nitrogens with zero attached hydrogens (tertiary/aromatic N) is 1. The number of rotatable bonds is 4. The lowest BCUT2D eigenvalue weighted by atomic mass is 10.3. The van der Waals surface area contributed by atoms with Gasteiger partial charge in [-0.3, -0.25) is 9.79 Å². The standard InChI is InChI=1S/C11H13NO2/c1-2-14-11(13)8-9-12-10-6-4-3-5-7-10/h3-7,9H,2,8H2,1H3.